The molecule has 0 radical (unpaired) electrons. The van der Waals surface area contributed by atoms with E-state index in [1.54, 1.807) is 11.3 Å². The second kappa shape index (κ2) is 8.43. The van der Waals surface area contributed by atoms with Gasteiger partial charge in [-0.1, -0.05) is 18.2 Å². The van der Waals surface area contributed by atoms with Gasteiger partial charge in [-0.15, -0.1) is 11.3 Å². The fourth-order valence-electron chi connectivity index (χ4n) is 2.31. The molecule has 0 aliphatic carbocycles. The SMILES string of the molecule is CCNC(=NCc1ccn(-c2ccccc2)n1)NCc1ncc(C)s1. The summed E-state index contributed by atoms with van der Waals surface area (Å²) in [6.07, 6.45) is 3.85. The highest BCUT2D eigenvalue weighted by molar-refractivity contribution is 7.11. The van der Waals surface area contributed by atoms with Crippen LogP contribution in [-0.4, -0.2) is 27.3 Å². The molecule has 2 N–H and O–H groups in total. The minimum atomic E-state index is 0.520. The number of para-hydroxylation sites is 1. The highest BCUT2D eigenvalue weighted by atomic mass is 32.1. The van der Waals surface area contributed by atoms with E-state index in [-0.39, 0.29) is 0 Å². The zero-order valence-electron chi connectivity index (χ0n) is 14.4. The lowest BCUT2D eigenvalue weighted by molar-refractivity contribution is 0.795. The molecule has 0 atom stereocenters. The van der Waals surface area contributed by atoms with E-state index in [0.717, 1.165) is 28.9 Å². The molecule has 0 unspecified atom stereocenters. The summed E-state index contributed by atoms with van der Waals surface area (Å²) in [5.74, 6) is 0.768. The van der Waals surface area contributed by atoms with E-state index >= 15 is 0 Å². The van der Waals surface area contributed by atoms with E-state index < -0.39 is 0 Å². The first-order chi connectivity index (χ1) is 12.2. The van der Waals surface area contributed by atoms with Crippen molar-refractivity contribution in [3.8, 4) is 5.69 Å². The van der Waals surface area contributed by atoms with Gasteiger partial charge >= 0.3 is 0 Å². The number of nitrogens with zero attached hydrogens (tertiary/aromatic N) is 4. The molecule has 0 aliphatic rings. The number of rotatable bonds is 6. The first kappa shape index (κ1) is 17.2. The number of aromatic nitrogens is 3. The summed E-state index contributed by atoms with van der Waals surface area (Å²) in [5.41, 5.74) is 1.97. The molecule has 0 saturated carbocycles. The second-order valence-electron chi connectivity index (χ2n) is 5.50. The molecule has 3 aromatic rings. The van der Waals surface area contributed by atoms with E-state index in [9.17, 15) is 0 Å². The monoisotopic (exact) mass is 354 g/mol. The van der Waals surface area contributed by atoms with Crippen LogP contribution in [0.1, 0.15) is 22.5 Å². The summed E-state index contributed by atoms with van der Waals surface area (Å²) in [4.78, 5) is 10.2. The van der Waals surface area contributed by atoms with Gasteiger partial charge in [-0.05, 0) is 32.0 Å². The third-order valence-electron chi connectivity index (χ3n) is 3.48. The molecule has 0 bridgehead atoms. The summed E-state index contributed by atoms with van der Waals surface area (Å²) in [6, 6.07) is 12.1. The fourth-order valence-corrected chi connectivity index (χ4v) is 3.04. The van der Waals surface area contributed by atoms with Crippen LogP contribution < -0.4 is 10.6 Å². The molecule has 130 valence electrons. The van der Waals surface area contributed by atoms with Gasteiger partial charge in [0.25, 0.3) is 0 Å². The van der Waals surface area contributed by atoms with Crippen LogP contribution in [0.15, 0.2) is 53.8 Å². The summed E-state index contributed by atoms with van der Waals surface area (Å²) >= 11 is 1.69. The molecular formula is C18H22N6S. The lowest BCUT2D eigenvalue weighted by Gasteiger charge is -2.09. The van der Waals surface area contributed by atoms with Crippen molar-refractivity contribution in [1.29, 1.82) is 0 Å². The number of aliphatic imine (C=N–C) groups is 1. The summed E-state index contributed by atoms with van der Waals surface area (Å²) in [7, 11) is 0. The first-order valence-electron chi connectivity index (χ1n) is 8.28. The van der Waals surface area contributed by atoms with E-state index in [2.05, 4.69) is 39.6 Å². The van der Waals surface area contributed by atoms with Gasteiger partial charge in [0.1, 0.15) is 5.01 Å². The Kier molecular flexibility index (Phi) is 5.79. The van der Waals surface area contributed by atoms with Crippen molar-refractivity contribution < 1.29 is 0 Å². The first-order valence-corrected chi connectivity index (χ1v) is 9.09. The normalized spacial score (nSPS) is 11.5. The van der Waals surface area contributed by atoms with Crippen LogP contribution in [-0.2, 0) is 13.1 Å². The number of hydrogen-bond donors (Lipinski definition) is 2. The third kappa shape index (κ3) is 4.90. The Morgan fingerprint density at radius 1 is 1.20 bits per heavy atom. The molecule has 3 rings (SSSR count). The molecular weight excluding hydrogens is 332 g/mol. The zero-order valence-corrected chi connectivity index (χ0v) is 15.3. The van der Waals surface area contributed by atoms with Crippen molar-refractivity contribution >= 4 is 17.3 Å². The Hall–Kier alpha value is -2.67. The van der Waals surface area contributed by atoms with Crippen molar-refractivity contribution in [3.63, 3.8) is 0 Å². The molecule has 1 aromatic carbocycles. The summed E-state index contributed by atoms with van der Waals surface area (Å²) in [5, 5.41) is 12.2. The molecule has 2 aromatic heterocycles. The number of benzene rings is 1. The molecule has 0 fully saturated rings. The lowest BCUT2D eigenvalue weighted by Crippen LogP contribution is -2.36. The Balaban J connectivity index is 1.62. The van der Waals surface area contributed by atoms with Gasteiger partial charge in [-0.2, -0.15) is 5.10 Å². The zero-order chi connectivity index (χ0) is 17.5. The Morgan fingerprint density at radius 2 is 2.04 bits per heavy atom. The highest BCUT2D eigenvalue weighted by Gasteiger charge is 2.03. The van der Waals surface area contributed by atoms with Crippen LogP contribution in [0.3, 0.4) is 0 Å². The number of nitrogens with one attached hydrogen (secondary N) is 2. The molecule has 2 heterocycles. The van der Waals surface area contributed by atoms with Crippen LogP contribution >= 0.6 is 11.3 Å². The minimum Gasteiger partial charge on any atom is -0.357 e. The van der Waals surface area contributed by atoms with E-state index in [1.807, 2.05) is 53.5 Å². The van der Waals surface area contributed by atoms with Crippen molar-refractivity contribution in [2.75, 3.05) is 6.54 Å². The lowest BCUT2D eigenvalue weighted by atomic mass is 10.3. The summed E-state index contributed by atoms with van der Waals surface area (Å²) < 4.78 is 1.86. The van der Waals surface area contributed by atoms with Gasteiger partial charge in [0.05, 0.1) is 24.5 Å². The number of guanidine groups is 1. The van der Waals surface area contributed by atoms with Gasteiger partial charge in [-0.3, -0.25) is 0 Å². The van der Waals surface area contributed by atoms with E-state index in [4.69, 9.17) is 0 Å². The smallest absolute Gasteiger partial charge is 0.191 e. The van der Waals surface area contributed by atoms with E-state index in [1.165, 1.54) is 4.88 Å². The quantitative estimate of drug-likeness (QED) is 0.528. The van der Waals surface area contributed by atoms with Crippen molar-refractivity contribution in [2.24, 2.45) is 4.99 Å². The minimum absolute atomic E-state index is 0.520. The maximum Gasteiger partial charge on any atom is 0.191 e. The third-order valence-corrected chi connectivity index (χ3v) is 4.40. The molecule has 0 amide bonds. The average molecular weight is 354 g/mol. The van der Waals surface area contributed by atoms with Gasteiger partial charge in [0, 0.05) is 23.8 Å². The maximum absolute atomic E-state index is 4.61. The maximum atomic E-state index is 4.61. The Morgan fingerprint density at radius 3 is 2.76 bits per heavy atom. The molecule has 0 aliphatic heterocycles. The second-order valence-corrected chi connectivity index (χ2v) is 6.82. The summed E-state index contributed by atoms with van der Waals surface area (Å²) in [6.45, 7) is 6.11. The van der Waals surface area contributed by atoms with Gasteiger partial charge in [0.15, 0.2) is 5.96 Å². The van der Waals surface area contributed by atoms with Crippen LogP contribution in [0.25, 0.3) is 5.69 Å². The Bertz CT molecular complexity index is 821. The van der Waals surface area contributed by atoms with Crippen LogP contribution in [0, 0.1) is 6.92 Å². The number of thiazole rings is 1. The largest absolute Gasteiger partial charge is 0.357 e. The standard InChI is InChI=1S/C18H22N6S/c1-3-19-18(22-13-17-20-11-14(2)25-17)21-12-15-9-10-24(23-15)16-7-5-4-6-8-16/h4-11H,3,12-13H2,1-2H3,(H2,19,21,22). The highest BCUT2D eigenvalue weighted by Crippen LogP contribution is 2.10. The van der Waals surface area contributed by atoms with Crippen LogP contribution in [0.5, 0.6) is 0 Å². The number of aryl methyl sites for hydroxylation is 1. The molecule has 7 heteroatoms. The molecule has 0 spiro atoms. The van der Waals surface area contributed by atoms with Gasteiger partial charge < -0.3 is 10.6 Å². The van der Waals surface area contributed by atoms with Crippen LogP contribution in [0.2, 0.25) is 0 Å². The van der Waals surface area contributed by atoms with Gasteiger partial charge in [0.2, 0.25) is 0 Å². The Labute approximate surface area is 151 Å². The average Bonchev–Trinajstić information content (AvgIpc) is 3.27. The number of hydrogen-bond acceptors (Lipinski definition) is 4. The van der Waals surface area contributed by atoms with Crippen molar-refractivity contribution in [3.05, 3.63) is 64.4 Å². The van der Waals surface area contributed by atoms with Crippen molar-refractivity contribution in [1.82, 2.24) is 25.4 Å². The van der Waals surface area contributed by atoms with Gasteiger partial charge in [-0.25, -0.2) is 14.7 Å². The molecule has 25 heavy (non-hydrogen) atoms. The predicted octanol–water partition coefficient (Wildman–Crippen LogP) is 2.89. The van der Waals surface area contributed by atoms with Crippen LogP contribution in [0.4, 0.5) is 0 Å². The van der Waals surface area contributed by atoms with E-state index in [0.29, 0.717) is 13.1 Å². The topological polar surface area (TPSA) is 67.1 Å². The molecule has 0 saturated heterocycles. The fraction of sp³-hybridized carbons (Fsp3) is 0.278. The van der Waals surface area contributed by atoms with Crippen molar-refractivity contribution in [2.45, 2.75) is 26.9 Å². The predicted molar refractivity (Wildman–Crippen MR) is 102 cm³/mol. The molecule has 6 nitrogen and oxygen atoms in total.